The van der Waals surface area contributed by atoms with Crippen LogP contribution in [0.2, 0.25) is 0 Å². The Kier molecular flexibility index (Phi) is 3.79. The van der Waals surface area contributed by atoms with Gasteiger partial charge >= 0.3 is 5.97 Å². The third-order valence-corrected chi connectivity index (χ3v) is 2.20. The summed E-state index contributed by atoms with van der Waals surface area (Å²) in [4.78, 5) is 26.0. The standard InChI is InChI=1S/C9H9BrN2O3/c1-5(13)12-8-3-6(9(14)15-2)7(10)4-11-8/h3-4H,1-2H3,(H,11,12,13). The minimum atomic E-state index is -0.490. The van der Waals surface area contributed by atoms with Gasteiger partial charge in [-0.2, -0.15) is 0 Å². The number of ether oxygens (including phenoxy) is 1. The fraction of sp³-hybridized carbons (Fsp3) is 0.222. The first-order chi connectivity index (χ1) is 7.04. The highest BCUT2D eigenvalue weighted by Gasteiger charge is 2.12. The summed E-state index contributed by atoms with van der Waals surface area (Å²) in [7, 11) is 1.28. The number of carbonyl (C=O) groups excluding carboxylic acids is 2. The summed E-state index contributed by atoms with van der Waals surface area (Å²) in [6.45, 7) is 1.36. The highest BCUT2D eigenvalue weighted by Crippen LogP contribution is 2.19. The van der Waals surface area contributed by atoms with E-state index in [4.69, 9.17) is 0 Å². The highest BCUT2D eigenvalue weighted by molar-refractivity contribution is 9.10. The molecule has 0 saturated carbocycles. The quantitative estimate of drug-likeness (QED) is 0.831. The van der Waals surface area contributed by atoms with Crippen molar-refractivity contribution < 1.29 is 14.3 Å². The lowest BCUT2D eigenvalue weighted by atomic mass is 10.2. The molecule has 0 bridgehead atoms. The predicted octanol–water partition coefficient (Wildman–Crippen LogP) is 1.59. The lowest BCUT2D eigenvalue weighted by Crippen LogP contribution is -2.10. The Balaban J connectivity index is 3.05. The van der Waals surface area contributed by atoms with E-state index in [1.54, 1.807) is 0 Å². The molecule has 1 N–H and O–H groups in total. The van der Waals surface area contributed by atoms with E-state index < -0.39 is 5.97 Å². The third-order valence-electron chi connectivity index (χ3n) is 1.56. The molecule has 1 rings (SSSR count). The topological polar surface area (TPSA) is 68.3 Å². The van der Waals surface area contributed by atoms with E-state index in [0.717, 1.165) is 0 Å². The van der Waals surface area contributed by atoms with Crippen LogP contribution >= 0.6 is 15.9 Å². The van der Waals surface area contributed by atoms with Gasteiger partial charge in [0.25, 0.3) is 0 Å². The maximum atomic E-state index is 11.3. The SMILES string of the molecule is COC(=O)c1cc(NC(C)=O)ncc1Br. The van der Waals surface area contributed by atoms with Crippen LogP contribution in [0.1, 0.15) is 17.3 Å². The Morgan fingerprint density at radius 3 is 2.73 bits per heavy atom. The van der Waals surface area contributed by atoms with Gasteiger partial charge in [0, 0.05) is 13.1 Å². The number of hydrogen-bond donors (Lipinski definition) is 1. The number of esters is 1. The smallest absolute Gasteiger partial charge is 0.339 e. The van der Waals surface area contributed by atoms with Gasteiger partial charge in [0.2, 0.25) is 5.91 Å². The van der Waals surface area contributed by atoms with E-state index in [-0.39, 0.29) is 5.91 Å². The molecule has 0 fully saturated rings. The second kappa shape index (κ2) is 4.88. The van der Waals surface area contributed by atoms with Gasteiger partial charge in [0.1, 0.15) is 5.82 Å². The molecule has 0 aliphatic heterocycles. The predicted molar refractivity (Wildman–Crippen MR) is 57.6 cm³/mol. The number of halogens is 1. The zero-order valence-electron chi connectivity index (χ0n) is 8.20. The van der Waals surface area contributed by atoms with Crippen LogP contribution in [0.4, 0.5) is 5.82 Å². The fourth-order valence-electron chi connectivity index (χ4n) is 0.954. The van der Waals surface area contributed by atoms with Crippen molar-refractivity contribution in [3.05, 3.63) is 22.3 Å². The van der Waals surface area contributed by atoms with Gasteiger partial charge < -0.3 is 10.1 Å². The zero-order chi connectivity index (χ0) is 11.4. The van der Waals surface area contributed by atoms with E-state index in [1.165, 1.54) is 26.3 Å². The van der Waals surface area contributed by atoms with Gasteiger partial charge in [-0.3, -0.25) is 4.79 Å². The largest absolute Gasteiger partial charge is 0.465 e. The Labute approximate surface area is 95.0 Å². The lowest BCUT2D eigenvalue weighted by Gasteiger charge is -2.05. The molecule has 1 heterocycles. The first kappa shape index (κ1) is 11.6. The van der Waals surface area contributed by atoms with Crippen molar-refractivity contribution in [3.63, 3.8) is 0 Å². The average Bonchev–Trinajstić information content (AvgIpc) is 2.19. The molecular weight excluding hydrogens is 264 g/mol. The van der Waals surface area contributed by atoms with Crippen molar-refractivity contribution in [2.24, 2.45) is 0 Å². The van der Waals surface area contributed by atoms with Gasteiger partial charge in [-0.25, -0.2) is 9.78 Å². The molecular formula is C9H9BrN2O3. The molecule has 0 aliphatic carbocycles. The first-order valence-corrected chi connectivity index (χ1v) is 4.85. The van der Waals surface area contributed by atoms with E-state index in [9.17, 15) is 9.59 Å². The molecule has 0 aromatic carbocycles. The van der Waals surface area contributed by atoms with Crippen molar-refractivity contribution in [2.45, 2.75) is 6.92 Å². The molecule has 6 heteroatoms. The number of anilines is 1. The van der Waals surface area contributed by atoms with Crippen LogP contribution in [-0.2, 0) is 9.53 Å². The van der Waals surface area contributed by atoms with Crippen LogP contribution in [0, 0.1) is 0 Å². The van der Waals surface area contributed by atoms with E-state index in [2.05, 4.69) is 31.0 Å². The summed E-state index contributed by atoms with van der Waals surface area (Å²) in [5.74, 6) is -0.428. The number of hydrogen-bond acceptors (Lipinski definition) is 4. The normalized spacial score (nSPS) is 9.53. The molecule has 1 amide bonds. The van der Waals surface area contributed by atoms with Crippen molar-refractivity contribution in [3.8, 4) is 0 Å². The Morgan fingerprint density at radius 1 is 1.53 bits per heavy atom. The van der Waals surface area contributed by atoms with Gasteiger partial charge in [-0.1, -0.05) is 0 Å². The molecule has 15 heavy (non-hydrogen) atoms. The Bertz CT molecular complexity index is 406. The number of amides is 1. The molecule has 5 nitrogen and oxygen atoms in total. The summed E-state index contributed by atoms with van der Waals surface area (Å²) in [6, 6.07) is 1.44. The second-order valence-electron chi connectivity index (χ2n) is 2.72. The molecule has 80 valence electrons. The molecule has 0 aliphatic rings. The summed E-state index contributed by atoms with van der Waals surface area (Å²) in [5, 5.41) is 2.47. The highest BCUT2D eigenvalue weighted by atomic mass is 79.9. The van der Waals surface area contributed by atoms with E-state index in [0.29, 0.717) is 15.9 Å². The monoisotopic (exact) mass is 272 g/mol. The molecule has 1 aromatic rings. The van der Waals surface area contributed by atoms with Gasteiger partial charge in [-0.15, -0.1) is 0 Å². The molecule has 0 saturated heterocycles. The maximum absolute atomic E-state index is 11.3. The van der Waals surface area contributed by atoms with Crippen molar-refractivity contribution in [1.29, 1.82) is 0 Å². The van der Waals surface area contributed by atoms with Crippen LogP contribution in [0.3, 0.4) is 0 Å². The minimum absolute atomic E-state index is 0.249. The number of pyridine rings is 1. The Hall–Kier alpha value is -1.43. The molecule has 0 atom stereocenters. The minimum Gasteiger partial charge on any atom is -0.465 e. The van der Waals surface area contributed by atoms with Crippen LogP contribution in [-0.4, -0.2) is 24.0 Å². The third kappa shape index (κ3) is 3.02. The lowest BCUT2D eigenvalue weighted by molar-refractivity contribution is -0.114. The fourth-order valence-corrected chi connectivity index (χ4v) is 1.33. The summed E-state index contributed by atoms with van der Waals surface area (Å²) < 4.78 is 5.08. The number of nitrogens with one attached hydrogen (secondary N) is 1. The number of nitrogens with zero attached hydrogens (tertiary/aromatic N) is 1. The number of carbonyl (C=O) groups is 2. The van der Waals surface area contributed by atoms with Gasteiger partial charge in [0.05, 0.1) is 17.1 Å². The summed E-state index contributed by atoms with van der Waals surface area (Å²) >= 11 is 3.16. The molecule has 1 aromatic heterocycles. The number of methoxy groups -OCH3 is 1. The molecule has 0 spiro atoms. The van der Waals surface area contributed by atoms with Crippen LogP contribution in [0.15, 0.2) is 16.7 Å². The molecule has 0 radical (unpaired) electrons. The van der Waals surface area contributed by atoms with E-state index >= 15 is 0 Å². The van der Waals surface area contributed by atoms with Crippen molar-refractivity contribution >= 4 is 33.6 Å². The molecule has 0 unspecified atom stereocenters. The summed E-state index contributed by atoms with van der Waals surface area (Å²) in [6.07, 6.45) is 1.43. The summed E-state index contributed by atoms with van der Waals surface area (Å²) in [5.41, 5.74) is 0.316. The van der Waals surface area contributed by atoms with Crippen LogP contribution < -0.4 is 5.32 Å². The number of aromatic nitrogens is 1. The van der Waals surface area contributed by atoms with Crippen molar-refractivity contribution in [1.82, 2.24) is 4.98 Å². The maximum Gasteiger partial charge on any atom is 0.339 e. The second-order valence-corrected chi connectivity index (χ2v) is 3.58. The van der Waals surface area contributed by atoms with Crippen molar-refractivity contribution in [2.75, 3.05) is 12.4 Å². The Morgan fingerprint density at radius 2 is 2.20 bits per heavy atom. The first-order valence-electron chi connectivity index (χ1n) is 4.06. The number of rotatable bonds is 2. The van der Waals surface area contributed by atoms with Gasteiger partial charge in [0.15, 0.2) is 0 Å². The average molecular weight is 273 g/mol. The van der Waals surface area contributed by atoms with Gasteiger partial charge in [-0.05, 0) is 22.0 Å². The van der Waals surface area contributed by atoms with Crippen LogP contribution in [0.5, 0.6) is 0 Å². The zero-order valence-corrected chi connectivity index (χ0v) is 9.79. The van der Waals surface area contributed by atoms with Crippen LogP contribution in [0.25, 0.3) is 0 Å². The van der Waals surface area contributed by atoms with E-state index in [1.807, 2.05) is 0 Å².